The first-order chi connectivity index (χ1) is 13.6. The number of nitrogens with one attached hydrogen (secondary N) is 2. The van der Waals surface area contributed by atoms with E-state index in [0.717, 1.165) is 29.3 Å². The van der Waals surface area contributed by atoms with Crippen LogP contribution in [-0.4, -0.2) is 33.6 Å². The maximum Gasteiger partial charge on any atom is 0.257 e. The summed E-state index contributed by atoms with van der Waals surface area (Å²) in [6.45, 7) is 0.617. The van der Waals surface area contributed by atoms with Crippen molar-refractivity contribution in [2.24, 2.45) is 17.8 Å². The van der Waals surface area contributed by atoms with Gasteiger partial charge in [-0.3, -0.25) is 4.79 Å². The first-order valence-corrected chi connectivity index (χ1v) is 10.3. The van der Waals surface area contributed by atoms with Crippen LogP contribution in [0.25, 0.3) is 0 Å². The average molecular weight is 381 g/mol. The highest BCUT2D eigenvalue weighted by molar-refractivity contribution is 5.44. The van der Waals surface area contributed by atoms with Crippen LogP contribution in [0.2, 0.25) is 0 Å². The van der Waals surface area contributed by atoms with Crippen molar-refractivity contribution in [3.8, 4) is 5.88 Å². The second kappa shape index (κ2) is 6.87. The molecule has 6 rings (SSSR count). The standard InChI is InChI=1S/C21H27N5O2/c1-28-19-18(23-4-5-24-19)22-3-2-16-9-17(27)26-20(25-16)21-10-13-6-14(11-21)8-15(7-13)12-21/h4-5,9,13-15H,2-3,6-8,10-12H2,1H3,(H,22,23)(H,25,26,27). The van der Waals surface area contributed by atoms with Crippen molar-refractivity contribution in [3.05, 3.63) is 40.3 Å². The molecular formula is C21H27N5O2. The Labute approximate surface area is 164 Å². The molecule has 2 aromatic rings. The van der Waals surface area contributed by atoms with Crippen LogP contribution in [0.3, 0.4) is 0 Å². The SMILES string of the molecule is COc1nccnc1NCCc1cc(=O)[nH]c(C23CC4CC(CC(C4)C2)C3)n1. The Morgan fingerprint density at radius 3 is 2.50 bits per heavy atom. The number of hydrogen-bond donors (Lipinski definition) is 2. The van der Waals surface area contributed by atoms with Gasteiger partial charge in [-0.15, -0.1) is 0 Å². The van der Waals surface area contributed by atoms with Crippen LogP contribution < -0.4 is 15.6 Å². The molecule has 4 saturated carbocycles. The molecule has 0 aliphatic heterocycles. The number of aromatic amines is 1. The highest BCUT2D eigenvalue weighted by atomic mass is 16.5. The number of nitrogens with zero attached hydrogens (tertiary/aromatic N) is 3. The number of ether oxygens (including phenoxy) is 1. The molecular weight excluding hydrogens is 354 g/mol. The summed E-state index contributed by atoms with van der Waals surface area (Å²) in [4.78, 5) is 28.8. The Morgan fingerprint density at radius 2 is 1.82 bits per heavy atom. The van der Waals surface area contributed by atoms with Crippen LogP contribution in [0.4, 0.5) is 5.82 Å². The third-order valence-electron chi connectivity index (χ3n) is 6.87. The van der Waals surface area contributed by atoms with Crippen LogP contribution >= 0.6 is 0 Å². The van der Waals surface area contributed by atoms with Gasteiger partial charge in [-0.05, 0) is 56.3 Å². The van der Waals surface area contributed by atoms with E-state index in [4.69, 9.17) is 9.72 Å². The number of H-pyrrole nitrogens is 1. The lowest BCUT2D eigenvalue weighted by Crippen LogP contribution is -2.50. The minimum atomic E-state index is -0.0344. The van der Waals surface area contributed by atoms with Crippen molar-refractivity contribution in [1.29, 1.82) is 0 Å². The Morgan fingerprint density at radius 1 is 1.14 bits per heavy atom. The van der Waals surface area contributed by atoms with E-state index in [1.54, 1.807) is 25.6 Å². The van der Waals surface area contributed by atoms with Crippen LogP contribution in [0, 0.1) is 17.8 Å². The lowest BCUT2D eigenvalue weighted by molar-refractivity contribution is -0.00960. The molecule has 4 aliphatic carbocycles. The fourth-order valence-electron chi connectivity index (χ4n) is 6.19. The molecule has 4 bridgehead atoms. The van der Waals surface area contributed by atoms with Crippen LogP contribution in [-0.2, 0) is 11.8 Å². The van der Waals surface area contributed by atoms with Gasteiger partial charge in [0, 0.05) is 42.5 Å². The number of methoxy groups -OCH3 is 1. The topological polar surface area (TPSA) is 92.8 Å². The molecule has 0 radical (unpaired) electrons. The zero-order chi connectivity index (χ0) is 19.1. The highest BCUT2D eigenvalue weighted by Crippen LogP contribution is 2.59. The van der Waals surface area contributed by atoms with Crippen molar-refractivity contribution < 1.29 is 4.74 Å². The molecule has 148 valence electrons. The summed E-state index contributed by atoms with van der Waals surface area (Å²) < 4.78 is 5.22. The summed E-state index contributed by atoms with van der Waals surface area (Å²) >= 11 is 0. The van der Waals surface area contributed by atoms with Crippen molar-refractivity contribution in [3.63, 3.8) is 0 Å². The number of anilines is 1. The van der Waals surface area contributed by atoms with Crippen molar-refractivity contribution in [2.75, 3.05) is 19.0 Å². The largest absolute Gasteiger partial charge is 0.478 e. The minimum Gasteiger partial charge on any atom is -0.478 e. The third kappa shape index (κ3) is 3.16. The molecule has 2 aromatic heterocycles. The molecule has 4 aliphatic rings. The number of rotatable bonds is 6. The monoisotopic (exact) mass is 381 g/mol. The molecule has 2 N–H and O–H groups in total. The summed E-state index contributed by atoms with van der Waals surface area (Å²) in [5.74, 6) is 4.49. The van der Waals surface area contributed by atoms with Crippen LogP contribution in [0.15, 0.2) is 23.3 Å². The van der Waals surface area contributed by atoms with Gasteiger partial charge in [0.1, 0.15) is 5.82 Å². The fraction of sp³-hybridized carbons (Fsp3) is 0.619. The average Bonchev–Trinajstić information content (AvgIpc) is 2.67. The number of hydrogen-bond acceptors (Lipinski definition) is 6. The fourth-order valence-corrected chi connectivity index (χ4v) is 6.19. The maximum absolute atomic E-state index is 12.4. The summed E-state index contributed by atoms with van der Waals surface area (Å²) in [5.41, 5.74) is 0.906. The Kier molecular flexibility index (Phi) is 4.33. The van der Waals surface area contributed by atoms with E-state index in [0.29, 0.717) is 24.7 Å². The van der Waals surface area contributed by atoms with E-state index in [1.807, 2.05) is 0 Å². The van der Waals surface area contributed by atoms with Gasteiger partial charge in [0.05, 0.1) is 7.11 Å². The molecule has 28 heavy (non-hydrogen) atoms. The molecule has 7 nitrogen and oxygen atoms in total. The van der Waals surface area contributed by atoms with Gasteiger partial charge in [0.15, 0.2) is 5.82 Å². The van der Waals surface area contributed by atoms with Gasteiger partial charge in [-0.2, -0.15) is 0 Å². The summed E-state index contributed by atoms with van der Waals surface area (Å²) in [6.07, 6.45) is 11.6. The molecule has 2 heterocycles. The highest BCUT2D eigenvalue weighted by Gasteiger charge is 2.52. The van der Waals surface area contributed by atoms with Gasteiger partial charge in [-0.1, -0.05) is 0 Å². The van der Waals surface area contributed by atoms with E-state index in [1.165, 1.54) is 38.5 Å². The molecule has 0 amide bonds. The van der Waals surface area contributed by atoms with E-state index in [-0.39, 0.29) is 11.0 Å². The second-order valence-corrected chi connectivity index (χ2v) is 8.87. The molecule has 4 fully saturated rings. The zero-order valence-electron chi connectivity index (χ0n) is 16.3. The van der Waals surface area contributed by atoms with Crippen molar-refractivity contribution in [1.82, 2.24) is 19.9 Å². The lowest BCUT2D eigenvalue weighted by atomic mass is 9.49. The number of aromatic nitrogens is 4. The van der Waals surface area contributed by atoms with Crippen molar-refractivity contribution >= 4 is 5.82 Å². The molecule has 0 unspecified atom stereocenters. The summed E-state index contributed by atoms with van der Waals surface area (Å²) in [5, 5.41) is 3.24. The first-order valence-electron chi connectivity index (χ1n) is 10.3. The predicted octanol–water partition coefficient (Wildman–Crippen LogP) is 2.69. The quantitative estimate of drug-likeness (QED) is 0.799. The maximum atomic E-state index is 12.4. The van der Waals surface area contributed by atoms with Gasteiger partial charge >= 0.3 is 0 Å². The van der Waals surface area contributed by atoms with Gasteiger partial charge in [-0.25, -0.2) is 15.0 Å². The predicted molar refractivity (Wildman–Crippen MR) is 105 cm³/mol. The first kappa shape index (κ1) is 17.6. The van der Waals surface area contributed by atoms with Gasteiger partial charge in [0.25, 0.3) is 11.4 Å². The summed E-state index contributed by atoms with van der Waals surface area (Å²) in [7, 11) is 1.57. The van der Waals surface area contributed by atoms with E-state index >= 15 is 0 Å². The van der Waals surface area contributed by atoms with Crippen LogP contribution in [0.5, 0.6) is 5.88 Å². The summed E-state index contributed by atoms with van der Waals surface area (Å²) in [6, 6.07) is 1.62. The normalized spacial score (nSPS) is 30.4. The molecule has 0 aromatic carbocycles. The Balaban J connectivity index is 1.33. The Hall–Kier alpha value is -2.44. The minimum absolute atomic E-state index is 0.0344. The lowest BCUT2D eigenvalue weighted by Gasteiger charge is -2.56. The third-order valence-corrected chi connectivity index (χ3v) is 6.87. The van der Waals surface area contributed by atoms with E-state index in [2.05, 4.69) is 20.3 Å². The molecule has 7 heteroatoms. The van der Waals surface area contributed by atoms with E-state index in [9.17, 15) is 4.79 Å². The van der Waals surface area contributed by atoms with Gasteiger partial charge < -0.3 is 15.0 Å². The van der Waals surface area contributed by atoms with E-state index < -0.39 is 0 Å². The second-order valence-electron chi connectivity index (χ2n) is 8.87. The van der Waals surface area contributed by atoms with Crippen molar-refractivity contribution in [2.45, 2.75) is 50.4 Å². The zero-order valence-corrected chi connectivity index (χ0v) is 16.3. The molecule has 0 saturated heterocycles. The van der Waals surface area contributed by atoms with Crippen LogP contribution in [0.1, 0.15) is 50.0 Å². The van der Waals surface area contributed by atoms with Gasteiger partial charge in [0.2, 0.25) is 0 Å². The smallest absolute Gasteiger partial charge is 0.257 e. The Bertz CT molecular complexity index is 890. The molecule has 0 atom stereocenters. The molecule has 0 spiro atoms.